The lowest BCUT2D eigenvalue weighted by Crippen LogP contribution is -2.31. The van der Waals surface area contributed by atoms with Crippen LogP contribution >= 0.6 is 0 Å². The van der Waals surface area contributed by atoms with Crippen LogP contribution in [0.25, 0.3) is 0 Å². The molecule has 1 heterocycles. The van der Waals surface area contributed by atoms with Gasteiger partial charge in [-0.05, 0) is 31.2 Å². The molecule has 0 atom stereocenters. The van der Waals surface area contributed by atoms with Crippen molar-refractivity contribution in [2.24, 2.45) is 0 Å². The van der Waals surface area contributed by atoms with E-state index in [1.54, 1.807) is 0 Å². The van der Waals surface area contributed by atoms with E-state index in [0.717, 1.165) is 38.4 Å². The van der Waals surface area contributed by atoms with E-state index in [1.807, 2.05) is 6.07 Å². The SMILES string of the molecule is CCN1CCN(CC)c2cc(N)ccc2C1. The summed E-state index contributed by atoms with van der Waals surface area (Å²) in [5.74, 6) is 0. The van der Waals surface area contributed by atoms with E-state index in [2.05, 4.69) is 35.8 Å². The lowest BCUT2D eigenvalue weighted by atomic mass is 10.1. The first-order valence-corrected chi connectivity index (χ1v) is 6.10. The molecule has 3 nitrogen and oxygen atoms in total. The fraction of sp³-hybridized carbons (Fsp3) is 0.538. The summed E-state index contributed by atoms with van der Waals surface area (Å²) >= 11 is 0. The normalized spacial score (nSPS) is 17.0. The zero-order valence-corrected chi connectivity index (χ0v) is 10.2. The lowest BCUT2D eigenvalue weighted by Gasteiger charge is -2.23. The fourth-order valence-corrected chi connectivity index (χ4v) is 2.31. The van der Waals surface area contributed by atoms with Gasteiger partial charge in [0.05, 0.1) is 0 Å². The van der Waals surface area contributed by atoms with E-state index in [9.17, 15) is 0 Å². The van der Waals surface area contributed by atoms with Crippen LogP contribution in [0.2, 0.25) is 0 Å². The van der Waals surface area contributed by atoms with Crippen LogP contribution in [-0.2, 0) is 6.54 Å². The van der Waals surface area contributed by atoms with Crippen LogP contribution in [-0.4, -0.2) is 31.1 Å². The number of hydrogen-bond acceptors (Lipinski definition) is 3. The Morgan fingerprint density at radius 3 is 2.69 bits per heavy atom. The molecule has 0 aromatic heterocycles. The zero-order chi connectivity index (χ0) is 11.5. The van der Waals surface area contributed by atoms with E-state index in [1.165, 1.54) is 11.3 Å². The number of benzene rings is 1. The van der Waals surface area contributed by atoms with Gasteiger partial charge in [-0.3, -0.25) is 4.90 Å². The molecular formula is C13H21N3. The molecule has 1 aliphatic heterocycles. The Balaban J connectivity index is 2.36. The third-order valence-corrected chi connectivity index (χ3v) is 3.36. The van der Waals surface area contributed by atoms with E-state index in [-0.39, 0.29) is 0 Å². The Kier molecular flexibility index (Phi) is 3.34. The quantitative estimate of drug-likeness (QED) is 0.771. The van der Waals surface area contributed by atoms with Gasteiger partial charge in [0.25, 0.3) is 0 Å². The molecule has 88 valence electrons. The van der Waals surface area contributed by atoms with Crippen molar-refractivity contribution in [1.82, 2.24) is 4.90 Å². The maximum absolute atomic E-state index is 5.88. The summed E-state index contributed by atoms with van der Waals surface area (Å²) in [6.07, 6.45) is 0. The molecule has 0 saturated heterocycles. The number of rotatable bonds is 2. The molecule has 0 radical (unpaired) electrons. The molecule has 0 unspecified atom stereocenters. The number of likely N-dealkylation sites (N-methyl/N-ethyl adjacent to an activating group) is 2. The van der Waals surface area contributed by atoms with Crippen LogP contribution in [0.1, 0.15) is 19.4 Å². The van der Waals surface area contributed by atoms with Gasteiger partial charge in [-0.25, -0.2) is 0 Å². The van der Waals surface area contributed by atoms with Crippen LogP contribution in [0.5, 0.6) is 0 Å². The van der Waals surface area contributed by atoms with Crippen molar-refractivity contribution in [1.29, 1.82) is 0 Å². The highest BCUT2D eigenvalue weighted by Crippen LogP contribution is 2.27. The summed E-state index contributed by atoms with van der Waals surface area (Å²) in [6.45, 7) is 9.87. The molecule has 0 aliphatic carbocycles. The summed E-state index contributed by atoms with van der Waals surface area (Å²) in [7, 11) is 0. The Morgan fingerprint density at radius 2 is 2.00 bits per heavy atom. The van der Waals surface area contributed by atoms with E-state index in [0.29, 0.717) is 0 Å². The monoisotopic (exact) mass is 219 g/mol. The largest absolute Gasteiger partial charge is 0.399 e. The summed E-state index contributed by atoms with van der Waals surface area (Å²) in [4.78, 5) is 4.89. The average molecular weight is 219 g/mol. The second-order valence-corrected chi connectivity index (χ2v) is 4.34. The third kappa shape index (κ3) is 2.14. The molecule has 1 aromatic rings. The summed E-state index contributed by atoms with van der Waals surface area (Å²) in [6, 6.07) is 6.28. The third-order valence-electron chi connectivity index (χ3n) is 3.36. The fourth-order valence-electron chi connectivity index (χ4n) is 2.31. The highest BCUT2D eigenvalue weighted by atomic mass is 15.2. The molecule has 0 saturated carbocycles. The lowest BCUT2D eigenvalue weighted by molar-refractivity contribution is 0.293. The van der Waals surface area contributed by atoms with Crippen molar-refractivity contribution < 1.29 is 0 Å². The van der Waals surface area contributed by atoms with Crippen molar-refractivity contribution >= 4 is 11.4 Å². The van der Waals surface area contributed by atoms with Crippen LogP contribution in [0, 0.1) is 0 Å². The van der Waals surface area contributed by atoms with Crippen LogP contribution < -0.4 is 10.6 Å². The van der Waals surface area contributed by atoms with Gasteiger partial charge >= 0.3 is 0 Å². The molecule has 0 amide bonds. The smallest absolute Gasteiger partial charge is 0.0432 e. The van der Waals surface area contributed by atoms with Crippen LogP contribution in [0.3, 0.4) is 0 Å². The first-order chi connectivity index (χ1) is 7.74. The van der Waals surface area contributed by atoms with Crippen molar-refractivity contribution in [3.05, 3.63) is 23.8 Å². The summed E-state index contributed by atoms with van der Waals surface area (Å²) in [5, 5.41) is 0. The first kappa shape index (κ1) is 11.3. The van der Waals surface area contributed by atoms with Crippen molar-refractivity contribution in [2.45, 2.75) is 20.4 Å². The number of anilines is 2. The second kappa shape index (κ2) is 4.74. The summed E-state index contributed by atoms with van der Waals surface area (Å²) < 4.78 is 0. The van der Waals surface area contributed by atoms with Gasteiger partial charge in [0, 0.05) is 37.6 Å². The molecule has 16 heavy (non-hydrogen) atoms. The molecule has 0 fully saturated rings. The Bertz CT molecular complexity index is 362. The van der Waals surface area contributed by atoms with Gasteiger partial charge < -0.3 is 10.6 Å². The predicted octanol–water partition coefficient (Wildman–Crippen LogP) is 1.93. The predicted molar refractivity (Wildman–Crippen MR) is 69.7 cm³/mol. The Labute approximate surface area is 97.8 Å². The van der Waals surface area contributed by atoms with E-state index in [4.69, 9.17) is 5.73 Å². The summed E-state index contributed by atoms with van der Waals surface area (Å²) in [5.41, 5.74) is 9.46. The standard InChI is InChI=1S/C13H21N3/c1-3-15-7-8-16(4-2)13-9-12(14)6-5-11(13)10-15/h5-6,9H,3-4,7-8,10,14H2,1-2H3. The maximum Gasteiger partial charge on any atom is 0.0432 e. The highest BCUT2D eigenvalue weighted by Gasteiger charge is 2.17. The van der Waals surface area contributed by atoms with Crippen molar-refractivity contribution in [3.8, 4) is 0 Å². The Hall–Kier alpha value is -1.22. The van der Waals surface area contributed by atoms with E-state index >= 15 is 0 Å². The topological polar surface area (TPSA) is 32.5 Å². The number of hydrogen-bond donors (Lipinski definition) is 1. The molecule has 2 N–H and O–H groups in total. The molecule has 3 heteroatoms. The van der Waals surface area contributed by atoms with Crippen molar-refractivity contribution in [3.63, 3.8) is 0 Å². The van der Waals surface area contributed by atoms with Gasteiger partial charge in [0.15, 0.2) is 0 Å². The molecule has 1 aliphatic rings. The van der Waals surface area contributed by atoms with Crippen molar-refractivity contribution in [2.75, 3.05) is 36.8 Å². The first-order valence-electron chi connectivity index (χ1n) is 6.10. The van der Waals surface area contributed by atoms with Gasteiger partial charge in [-0.2, -0.15) is 0 Å². The minimum atomic E-state index is 0.863. The average Bonchev–Trinajstić information content (AvgIpc) is 2.47. The van der Waals surface area contributed by atoms with Gasteiger partial charge in [-0.1, -0.05) is 13.0 Å². The zero-order valence-electron chi connectivity index (χ0n) is 10.2. The minimum absolute atomic E-state index is 0.863. The number of nitrogens with two attached hydrogens (primary N) is 1. The maximum atomic E-state index is 5.88. The molecular weight excluding hydrogens is 198 g/mol. The van der Waals surface area contributed by atoms with Crippen LogP contribution in [0.15, 0.2) is 18.2 Å². The van der Waals surface area contributed by atoms with E-state index < -0.39 is 0 Å². The number of nitrogen functional groups attached to an aromatic ring is 1. The highest BCUT2D eigenvalue weighted by molar-refractivity contribution is 5.61. The number of nitrogens with zero attached hydrogens (tertiary/aromatic N) is 2. The molecule has 1 aromatic carbocycles. The Morgan fingerprint density at radius 1 is 1.19 bits per heavy atom. The minimum Gasteiger partial charge on any atom is -0.399 e. The van der Waals surface area contributed by atoms with Gasteiger partial charge in [0.2, 0.25) is 0 Å². The van der Waals surface area contributed by atoms with Gasteiger partial charge in [0.1, 0.15) is 0 Å². The second-order valence-electron chi connectivity index (χ2n) is 4.34. The van der Waals surface area contributed by atoms with Crippen LogP contribution in [0.4, 0.5) is 11.4 Å². The molecule has 0 bridgehead atoms. The van der Waals surface area contributed by atoms with Gasteiger partial charge in [-0.15, -0.1) is 0 Å². The number of fused-ring (bicyclic) bond motifs is 1. The molecule has 2 rings (SSSR count). The molecule has 0 spiro atoms.